The molecule has 5 heteroatoms. The van der Waals surface area contributed by atoms with Crippen molar-refractivity contribution in [2.24, 2.45) is 0 Å². The van der Waals surface area contributed by atoms with Gasteiger partial charge in [0.1, 0.15) is 17.5 Å². The van der Waals surface area contributed by atoms with Crippen LogP contribution in [0.3, 0.4) is 0 Å². The maximum absolute atomic E-state index is 12.6. The third kappa shape index (κ3) is 4.46. The minimum Gasteiger partial charge on any atom is -0.441 e. The number of hydrogen-bond donors (Lipinski definition) is 1. The minimum absolute atomic E-state index is 0.371. The van der Waals surface area contributed by atoms with E-state index in [9.17, 15) is 4.79 Å². The molecule has 1 fully saturated rings. The number of hydrogen-bond acceptors (Lipinski definition) is 4. The van der Waals surface area contributed by atoms with E-state index >= 15 is 0 Å². The van der Waals surface area contributed by atoms with Crippen molar-refractivity contribution in [2.45, 2.75) is 45.1 Å². The number of nitrogens with one attached hydrogen (secondary N) is 1. The molecule has 1 aliphatic rings. The second-order valence-corrected chi connectivity index (χ2v) is 9.27. The Morgan fingerprint density at radius 3 is 2.15 bits per heavy atom. The second-order valence-electron chi connectivity index (χ2n) is 9.27. The van der Waals surface area contributed by atoms with Crippen molar-refractivity contribution in [1.29, 1.82) is 0 Å². The number of carbonyl (C=O) groups excluding carboxylic acids is 1. The van der Waals surface area contributed by atoms with Crippen LogP contribution in [0.2, 0.25) is 0 Å². The third-order valence-corrected chi connectivity index (χ3v) is 6.70. The van der Waals surface area contributed by atoms with Gasteiger partial charge in [-0.15, -0.1) is 0 Å². The van der Waals surface area contributed by atoms with Crippen LogP contribution in [0.4, 0.5) is 10.5 Å². The molecule has 1 aliphatic carbocycles. The number of aryl methyl sites for hydroxylation is 1. The van der Waals surface area contributed by atoms with Crippen LogP contribution >= 0.6 is 0 Å². The summed E-state index contributed by atoms with van der Waals surface area (Å²) in [6, 6.07) is 26.5. The lowest BCUT2D eigenvalue weighted by molar-refractivity contribution is 0.121. The molecule has 1 saturated carbocycles. The van der Waals surface area contributed by atoms with E-state index in [1.807, 2.05) is 49.4 Å². The zero-order valence-electron chi connectivity index (χ0n) is 19.7. The second kappa shape index (κ2) is 8.82. The van der Waals surface area contributed by atoms with Gasteiger partial charge >= 0.3 is 6.09 Å². The van der Waals surface area contributed by atoms with Gasteiger partial charge in [-0.2, -0.15) is 0 Å². The summed E-state index contributed by atoms with van der Waals surface area (Å²) in [4.78, 5) is 12.6. The normalized spacial score (nSPS) is 14.9. The van der Waals surface area contributed by atoms with E-state index in [2.05, 4.69) is 53.8 Å². The molecule has 0 bridgehead atoms. The molecular formula is C29H28N2O3. The highest BCUT2D eigenvalue weighted by Gasteiger charge is 2.38. The molecule has 3 aromatic carbocycles. The number of anilines is 1. The number of amides is 1. The van der Waals surface area contributed by atoms with Crippen LogP contribution in [-0.2, 0) is 10.2 Å². The highest BCUT2D eigenvalue weighted by molar-refractivity contribution is 5.91. The van der Waals surface area contributed by atoms with Gasteiger partial charge in [0.25, 0.3) is 0 Å². The number of ether oxygens (including phenoxy) is 1. The van der Waals surface area contributed by atoms with E-state index in [-0.39, 0.29) is 6.10 Å². The van der Waals surface area contributed by atoms with E-state index < -0.39 is 6.09 Å². The maximum atomic E-state index is 12.6. The van der Waals surface area contributed by atoms with Gasteiger partial charge in [0.05, 0.1) is 0 Å². The van der Waals surface area contributed by atoms with Gasteiger partial charge in [-0.1, -0.05) is 90.9 Å². The summed E-state index contributed by atoms with van der Waals surface area (Å²) in [6.45, 7) is 5.95. The molecule has 0 saturated heterocycles. The molecule has 1 unspecified atom stereocenters. The standard InChI is InChI=1S/C29H28N2O3/c1-19-26(30-28(32)33-20(2)21-7-5-4-6-8-21)27(34-31-19)24-11-9-22(10-12-24)23-13-15-25(16-14-23)29(3)17-18-29/h4-16,20H,17-18H2,1-3H3,(H,30,32). The Labute approximate surface area is 199 Å². The summed E-state index contributed by atoms with van der Waals surface area (Å²) in [5.74, 6) is 0.505. The van der Waals surface area contributed by atoms with E-state index in [4.69, 9.17) is 9.26 Å². The lowest BCUT2D eigenvalue weighted by Crippen LogP contribution is -2.16. The zero-order chi connectivity index (χ0) is 23.7. The molecule has 4 aromatic rings. The molecule has 0 spiro atoms. The van der Waals surface area contributed by atoms with Gasteiger partial charge in [-0.05, 0) is 54.4 Å². The molecule has 5 rings (SSSR count). The van der Waals surface area contributed by atoms with E-state index in [1.165, 1.54) is 24.0 Å². The van der Waals surface area contributed by atoms with Crippen molar-refractivity contribution in [3.8, 4) is 22.5 Å². The van der Waals surface area contributed by atoms with Crippen molar-refractivity contribution in [3.05, 3.63) is 95.7 Å². The van der Waals surface area contributed by atoms with E-state index in [0.29, 0.717) is 22.6 Å². The first-order valence-corrected chi connectivity index (χ1v) is 11.6. The number of rotatable bonds is 6. The fraction of sp³-hybridized carbons (Fsp3) is 0.241. The highest BCUT2D eigenvalue weighted by atomic mass is 16.6. The van der Waals surface area contributed by atoms with Crippen LogP contribution < -0.4 is 5.32 Å². The van der Waals surface area contributed by atoms with Crippen molar-refractivity contribution < 1.29 is 14.1 Å². The highest BCUT2D eigenvalue weighted by Crippen LogP contribution is 2.47. The van der Waals surface area contributed by atoms with Gasteiger partial charge in [0.2, 0.25) is 0 Å². The number of nitrogens with zero attached hydrogens (tertiary/aromatic N) is 1. The SMILES string of the molecule is Cc1noc(-c2ccc(-c3ccc(C4(C)CC4)cc3)cc2)c1NC(=O)OC(C)c1ccccc1. The van der Waals surface area contributed by atoms with Gasteiger partial charge < -0.3 is 9.26 Å². The predicted molar refractivity (Wildman–Crippen MR) is 134 cm³/mol. The molecule has 34 heavy (non-hydrogen) atoms. The average molecular weight is 453 g/mol. The van der Waals surface area contributed by atoms with Gasteiger partial charge in [-0.25, -0.2) is 4.79 Å². The Morgan fingerprint density at radius 1 is 0.941 bits per heavy atom. The summed E-state index contributed by atoms with van der Waals surface area (Å²) in [6.07, 6.45) is 1.61. The fourth-order valence-corrected chi connectivity index (χ4v) is 4.15. The molecule has 1 heterocycles. The molecule has 1 atom stereocenters. The first kappa shape index (κ1) is 22.0. The molecular weight excluding hydrogens is 424 g/mol. The number of aromatic nitrogens is 1. The zero-order valence-corrected chi connectivity index (χ0v) is 19.7. The predicted octanol–water partition coefficient (Wildman–Crippen LogP) is 7.68. The van der Waals surface area contributed by atoms with Crippen LogP contribution in [0.15, 0.2) is 83.4 Å². The van der Waals surface area contributed by atoms with Crippen LogP contribution in [0.25, 0.3) is 22.5 Å². The lowest BCUT2D eigenvalue weighted by Gasteiger charge is -2.14. The molecule has 172 valence electrons. The van der Waals surface area contributed by atoms with Crippen LogP contribution in [0, 0.1) is 6.92 Å². The largest absolute Gasteiger partial charge is 0.441 e. The van der Waals surface area contributed by atoms with Crippen molar-refractivity contribution in [2.75, 3.05) is 5.32 Å². The summed E-state index contributed by atoms with van der Waals surface area (Å²) in [7, 11) is 0. The summed E-state index contributed by atoms with van der Waals surface area (Å²) < 4.78 is 11.1. The topological polar surface area (TPSA) is 64.4 Å². The quantitative estimate of drug-likeness (QED) is 0.326. The van der Waals surface area contributed by atoms with Crippen LogP contribution in [0.1, 0.15) is 49.6 Å². The molecule has 1 amide bonds. The van der Waals surface area contributed by atoms with E-state index in [0.717, 1.165) is 16.7 Å². The lowest BCUT2D eigenvalue weighted by atomic mass is 9.95. The molecule has 1 aromatic heterocycles. The smallest absolute Gasteiger partial charge is 0.412 e. The Kier molecular flexibility index (Phi) is 5.70. The Morgan fingerprint density at radius 2 is 1.53 bits per heavy atom. The van der Waals surface area contributed by atoms with Crippen molar-refractivity contribution in [3.63, 3.8) is 0 Å². The van der Waals surface area contributed by atoms with Crippen molar-refractivity contribution in [1.82, 2.24) is 5.16 Å². The molecule has 0 aliphatic heterocycles. The van der Waals surface area contributed by atoms with Gasteiger partial charge in [0, 0.05) is 5.56 Å². The number of carbonyl (C=O) groups is 1. The molecule has 1 N–H and O–H groups in total. The van der Waals surface area contributed by atoms with Crippen LogP contribution in [-0.4, -0.2) is 11.2 Å². The fourth-order valence-electron chi connectivity index (χ4n) is 4.15. The average Bonchev–Trinajstić information content (AvgIpc) is 3.52. The Hall–Kier alpha value is -3.86. The van der Waals surface area contributed by atoms with Gasteiger partial charge in [-0.3, -0.25) is 5.32 Å². The molecule has 5 nitrogen and oxygen atoms in total. The maximum Gasteiger partial charge on any atom is 0.412 e. The first-order chi connectivity index (χ1) is 16.4. The molecule has 0 radical (unpaired) electrons. The minimum atomic E-state index is -0.551. The third-order valence-electron chi connectivity index (χ3n) is 6.70. The summed E-state index contributed by atoms with van der Waals surface area (Å²) in [5.41, 5.74) is 6.94. The summed E-state index contributed by atoms with van der Waals surface area (Å²) in [5, 5.41) is 6.87. The first-order valence-electron chi connectivity index (χ1n) is 11.6. The van der Waals surface area contributed by atoms with E-state index in [1.54, 1.807) is 6.92 Å². The number of benzene rings is 3. The monoisotopic (exact) mass is 452 g/mol. The Bertz CT molecular complexity index is 1290. The van der Waals surface area contributed by atoms with Crippen LogP contribution in [0.5, 0.6) is 0 Å². The Balaban J connectivity index is 1.30. The van der Waals surface area contributed by atoms with Crippen molar-refractivity contribution >= 4 is 11.8 Å². The van der Waals surface area contributed by atoms with Gasteiger partial charge in [0.15, 0.2) is 5.76 Å². The summed E-state index contributed by atoms with van der Waals surface area (Å²) >= 11 is 0.